The Bertz CT molecular complexity index is 137. The Morgan fingerprint density at radius 2 is 2.12 bits per heavy atom. The van der Waals surface area contributed by atoms with Crippen molar-refractivity contribution >= 4 is 11.6 Å². The third-order valence-corrected chi connectivity index (χ3v) is 1.45. The average Bonchev–Trinajstić information content (AvgIpc) is 1.85. The Hall–Kier alpha value is -0.660. The van der Waals surface area contributed by atoms with Gasteiger partial charge < -0.3 is 0 Å². The number of carbonyl (C=O) groups excluding carboxylic acids is 2. The van der Waals surface area contributed by atoms with Crippen LogP contribution in [0.2, 0.25) is 0 Å². The van der Waals surface area contributed by atoms with Gasteiger partial charge in [-0.1, -0.05) is 6.92 Å². The van der Waals surface area contributed by atoms with Crippen molar-refractivity contribution in [2.24, 2.45) is 5.92 Å². The Labute approximate surface area is 47.9 Å². The van der Waals surface area contributed by atoms with Crippen molar-refractivity contribution in [3.05, 3.63) is 0 Å². The van der Waals surface area contributed by atoms with Gasteiger partial charge in [0.1, 0.15) is 11.6 Å². The zero-order valence-electron chi connectivity index (χ0n) is 4.81. The van der Waals surface area contributed by atoms with E-state index >= 15 is 0 Å². The van der Waals surface area contributed by atoms with Gasteiger partial charge in [0.25, 0.3) is 0 Å². The summed E-state index contributed by atoms with van der Waals surface area (Å²) in [5, 5.41) is 0. The molecule has 2 heteroatoms. The monoisotopic (exact) mass is 112 g/mol. The normalized spacial score (nSPS) is 29.4. The van der Waals surface area contributed by atoms with Crippen LogP contribution >= 0.6 is 0 Å². The van der Waals surface area contributed by atoms with Gasteiger partial charge >= 0.3 is 0 Å². The lowest BCUT2D eigenvalue weighted by molar-refractivity contribution is -0.122. The minimum Gasteiger partial charge on any atom is -0.299 e. The fraction of sp³-hybridized carbons (Fsp3) is 0.667. The molecule has 0 aromatic rings. The van der Waals surface area contributed by atoms with Crippen LogP contribution in [0, 0.1) is 5.92 Å². The zero-order valence-corrected chi connectivity index (χ0v) is 4.81. The van der Waals surface area contributed by atoms with Crippen molar-refractivity contribution in [2.45, 2.75) is 19.8 Å². The molecule has 0 bridgehead atoms. The quantitative estimate of drug-likeness (QED) is 0.429. The van der Waals surface area contributed by atoms with Crippen LogP contribution < -0.4 is 0 Å². The first-order chi connectivity index (χ1) is 3.70. The predicted molar refractivity (Wildman–Crippen MR) is 28.4 cm³/mol. The summed E-state index contributed by atoms with van der Waals surface area (Å²) in [5.74, 6) is 0.208. The highest BCUT2D eigenvalue weighted by atomic mass is 16.2. The number of ketones is 2. The smallest absolute Gasteiger partial charge is 0.143 e. The van der Waals surface area contributed by atoms with Gasteiger partial charge in [-0.25, -0.2) is 0 Å². The molecule has 0 radical (unpaired) electrons. The number of hydrogen-bond donors (Lipinski definition) is 0. The number of hydrogen-bond acceptors (Lipinski definition) is 2. The summed E-state index contributed by atoms with van der Waals surface area (Å²) in [6, 6.07) is 0. The second-order valence-corrected chi connectivity index (χ2v) is 2.29. The summed E-state index contributed by atoms with van der Waals surface area (Å²) in [5.41, 5.74) is 0. The van der Waals surface area contributed by atoms with Gasteiger partial charge in [-0.3, -0.25) is 9.59 Å². The molecular weight excluding hydrogens is 104 g/mol. The van der Waals surface area contributed by atoms with Crippen molar-refractivity contribution in [1.29, 1.82) is 0 Å². The van der Waals surface area contributed by atoms with E-state index in [2.05, 4.69) is 0 Å². The third-order valence-electron chi connectivity index (χ3n) is 1.45. The molecule has 0 heterocycles. The first-order valence-electron chi connectivity index (χ1n) is 2.74. The maximum Gasteiger partial charge on any atom is 0.143 e. The fourth-order valence-electron chi connectivity index (χ4n) is 0.896. The molecule has 0 aromatic heterocycles. The van der Waals surface area contributed by atoms with Gasteiger partial charge in [0.15, 0.2) is 0 Å². The van der Waals surface area contributed by atoms with Crippen LogP contribution in [0.5, 0.6) is 0 Å². The molecule has 0 unspecified atom stereocenters. The van der Waals surface area contributed by atoms with Gasteiger partial charge in [0.05, 0.1) is 6.42 Å². The maximum absolute atomic E-state index is 10.6. The van der Waals surface area contributed by atoms with Crippen LogP contribution in [0.3, 0.4) is 0 Å². The number of carbonyl (C=O) groups is 2. The van der Waals surface area contributed by atoms with Crippen LogP contribution in [0.15, 0.2) is 0 Å². The average molecular weight is 112 g/mol. The second-order valence-electron chi connectivity index (χ2n) is 2.29. The lowest BCUT2D eigenvalue weighted by Crippen LogP contribution is -1.98. The molecule has 0 aliphatic heterocycles. The minimum absolute atomic E-state index is 0.00231. The summed E-state index contributed by atoms with van der Waals surface area (Å²) in [4.78, 5) is 21.0. The Kier molecular flexibility index (Phi) is 1.16. The van der Waals surface area contributed by atoms with Crippen LogP contribution in [0.1, 0.15) is 19.8 Å². The zero-order chi connectivity index (χ0) is 6.15. The predicted octanol–water partition coefficient (Wildman–Crippen LogP) is 0.554. The van der Waals surface area contributed by atoms with Gasteiger partial charge in [0.2, 0.25) is 0 Å². The summed E-state index contributed by atoms with van der Waals surface area (Å²) in [6.07, 6.45) is 0.653. The van der Waals surface area contributed by atoms with Gasteiger partial charge in [-0.15, -0.1) is 0 Å². The van der Waals surface area contributed by atoms with Gasteiger partial charge in [-0.2, -0.15) is 0 Å². The molecule has 44 valence electrons. The number of Topliss-reactive ketones (excluding diaryl/α,β-unsaturated/α-hetero) is 2. The second kappa shape index (κ2) is 1.69. The standard InChI is InChI=1S/C6H8O2/c1-4-2-5(7)3-6(4)8/h4H,2-3H2,1H3/t4-/m0/s1. The van der Waals surface area contributed by atoms with E-state index in [0.29, 0.717) is 6.42 Å². The Morgan fingerprint density at radius 1 is 1.50 bits per heavy atom. The number of rotatable bonds is 0. The van der Waals surface area contributed by atoms with E-state index in [1.54, 1.807) is 6.92 Å². The lowest BCUT2D eigenvalue weighted by atomic mass is 10.1. The maximum atomic E-state index is 10.6. The summed E-state index contributed by atoms with van der Waals surface area (Å²) in [6.45, 7) is 1.80. The SMILES string of the molecule is C[C@H]1CC(=O)CC1=O. The van der Waals surface area contributed by atoms with E-state index < -0.39 is 0 Å². The first kappa shape index (κ1) is 5.48. The molecule has 2 nitrogen and oxygen atoms in total. The molecule has 0 spiro atoms. The molecule has 1 aliphatic rings. The lowest BCUT2D eigenvalue weighted by Gasteiger charge is -1.89. The molecule has 0 aromatic carbocycles. The van der Waals surface area contributed by atoms with Crippen molar-refractivity contribution < 1.29 is 9.59 Å². The van der Waals surface area contributed by atoms with E-state index in [1.165, 1.54) is 0 Å². The van der Waals surface area contributed by atoms with Crippen molar-refractivity contribution in [2.75, 3.05) is 0 Å². The van der Waals surface area contributed by atoms with Crippen LogP contribution in [-0.4, -0.2) is 11.6 Å². The molecule has 0 N–H and O–H groups in total. The fourth-order valence-corrected chi connectivity index (χ4v) is 0.896. The van der Waals surface area contributed by atoms with Crippen molar-refractivity contribution in [1.82, 2.24) is 0 Å². The van der Waals surface area contributed by atoms with E-state index in [9.17, 15) is 9.59 Å². The summed E-state index contributed by atoms with van der Waals surface area (Å²) in [7, 11) is 0. The van der Waals surface area contributed by atoms with Crippen molar-refractivity contribution in [3.63, 3.8) is 0 Å². The molecule has 1 rings (SSSR count). The van der Waals surface area contributed by atoms with E-state index in [4.69, 9.17) is 0 Å². The van der Waals surface area contributed by atoms with Crippen LogP contribution in [0.25, 0.3) is 0 Å². The molecule has 0 saturated heterocycles. The Morgan fingerprint density at radius 3 is 2.25 bits per heavy atom. The third kappa shape index (κ3) is 0.782. The molecule has 1 saturated carbocycles. The van der Waals surface area contributed by atoms with Crippen LogP contribution in [-0.2, 0) is 9.59 Å². The molecule has 8 heavy (non-hydrogen) atoms. The largest absolute Gasteiger partial charge is 0.299 e. The minimum atomic E-state index is 0.00231. The highest BCUT2D eigenvalue weighted by molar-refractivity contribution is 6.06. The van der Waals surface area contributed by atoms with Crippen LogP contribution in [0.4, 0.5) is 0 Å². The molecule has 0 amide bonds. The van der Waals surface area contributed by atoms with E-state index in [1.807, 2.05) is 0 Å². The van der Waals surface area contributed by atoms with E-state index in [0.717, 1.165) is 0 Å². The Balaban J connectivity index is 2.64. The summed E-state index contributed by atoms with van der Waals surface area (Å²) >= 11 is 0. The van der Waals surface area contributed by atoms with E-state index in [-0.39, 0.29) is 23.9 Å². The first-order valence-corrected chi connectivity index (χ1v) is 2.74. The molecule has 1 fully saturated rings. The highest BCUT2D eigenvalue weighted by Gasteiger charge is 2.26. The van der Waals surface area contributed by atoms with Gasteiger partial charge in [0, 0.05) is 12.3 Å². The summed E-state index contributed by atoms with van der Waals surface area (Å²) < 4.78 is 0. The van der Waals surface area contributed by atoms with Gasteiger partial charge in [-0.05, 0) is 0 Å². The molecular formula is C6H8O2. The van der Waals surface area contributed by atoms with Crippen molar-refractivity contribution in [3.8, 4) is 0 Å². The molecule has 1 atom stereocenters. The topological polar surface area (TPSA) is 34.1 Å². The highest BCUT2D eigenvalue weighted by Crippen LogP contribution is 2.16. The molecule has 1 aliphatic carbocycles.